The highest BCUT2D eigenvalue weighted by Gasteiger charge is 2.43. The fourth-order valence-electron chi connectivity index (χ4n) is 4.74. The topological polar surface area (TPSA) is 18.5 Å². The van der Waals surface area contributed by atoms with Crippen molar-refractivity contribution in [3.63, 3.8) is 0 Å². The Balaban J connectivity index is 1.37. The van der Waals surface area contributed by atoms with Crippen LogP contribution >= 0.6 is 0 Å². The Bertz CT molecular complexity index is 729. The average molecular weight is 350 g/mol. The van der Waals surface area contributed by atoms with Crippen molar-refractivity contribution < 1.29 is 0 Å². The van der Waals surface area contributed by atoms with Crippen molar-refractivity contribution in [2.24, 2.45) is 0 Å². The fourth-order valence-corrected chi connectivity index (χ4v) is 4.74. The highest BCUT2D eigenvalue weighted by molar-refractivity contribution is 5.62. The second-order valence-corrected chi connectivity index (χ2v) is 8.03. The van der Waals surface area contributed by atoms with Crippen LogP contribution in [0.2, 0.25) is 0 Å². The molecule has 0 atom stereocenters. The van der Waals surface area contributed by atoms with E-state index in [0.717, 1.165) is 19.6 Å². The van der Waals surface area contributed by atoms with Gasteiger partial charge < -0.3 is 10.2 Å². The van der Waals surface area contributed by atoms with E-state index in [0.29, 0.717) is 5.41 Å². The Kier molecular flexibility index (Phi) is 5.01. The molecule has 0 amide bonds. The quantitative estimate of drug-likeness (QED) is 0.886. The summed E-state index contributed by atoms with van der Waals surface area (Å²) in [6.07, 6.45) is 2.54. The number of nitrogens with zero attached hydrogens (tertiary/aromatic N) is 2. The minimum atomic E-state index is 0.373. The molecule has 26 heavy (non-hydrogen) atoms. The first-order valence-corrected chi connectivity index (χ1v) is 10.0. The van der Waals surface area contributed by atoms with Gasteiger partial charge >= 0.3 is 0 Å². The Labute approximate surface area is 158 Å². The second kappa shape index (κ2) is 7.42. The molecule has 138 valence electrons. The lowest BCUT2D eigenvalue weighted by atomic mass is 9.74. The van der Waals surface area contributed by atoms with E-state index in [1.807, 2.05) is 0 Å². The maximum Gasteiger partial charge on any atom is 0.0402 e. The fraction of sp³-hybridized carbons (Fsp3) is 0.478. The molecule has 2 aliphatic rings. The van der Waals surface area contributed by atoms with Crippen molar-refractivity contribution in [2.75, 3.05) is 38.1 Å². The number of benzene rings is 2. The van der Waals surface area contributed by atoms with Crippen LogP contribution in [0.3, 0.4) is 0 Å². The minimum absolute atomic E-state index is 0.373. The molecule has 4 rings (SSSR count). The van der Waals surface area contributed by atoms with E-state index in [2.05, 4.69) is 77.6 Å². The first-order valence-electron chi connectivity index (χ1n) is 10.0. The molecule has 2 heterocycles. The van der Waals surface area contributed by atoms with Crippen LogP contribution in [0.15, 0.2) is 48.5 Å². The molecule has 0 aromatic heterocycles. The lowest BCUT2D eigenvalue weighted by Gasteiger charge is -2.40. The number of hydrogen-bond acceptors (Lipinski definition) is 3. The van der Waals surface area contributed by atoms with Gasteiger partial charge in [0, 0.05) is 37.8 Å². The third-order valence-corrected chi connectivity index (χ3v) is 6.25. The van der Waals surface area contributed by atoms with Crippen LogP contribution in [0.25, 0.3) is 0 Å². The summed E-state index contributed by atoms with van der Waals surface area (Å²) in [5.41, 5.74) is 6.20. The molecular formula is C23H31N3. The molecular weight excluding hydrogens is 318 g/mol. The zero-order chi connectivity index (χ0) is 18.0. The summed E-state index contributed by atoms with van der Waals surface area (Å²) in [7, 11) is 2.24. The van der Waals surface area contributed by atoms with E-state index in [9.17, 15) is 0 Å². The van der Waals surface area contributed by atoms with Gasteiger partial charge in [0.05, 0.1) is 0 Å². The lowest BCUT2D eigenvalue weighted by Crippen LogP contribution is -2.44. The summed E-state index contributed by atoms with van der Waals surface area (Å²) in [6.45, 7) is 8.79. The standard InChI is InChI=1S/C23H31N3/c1-3-24-16-19-8-10-20(11-9-19)17-26-14-12-23(13-15-26)18-25(2)22-7-5-4-6-21(22)23/h4-11,24H,3,12-18H2,1-2H3. The summed E-state index contributed by atoms with van der Waals surface area (Å²) in [4.78, 5) is 5.08. The van der Waals surface area contributed by atoms with E-state index in [4.69, 9.17) is 0 Å². The molecule has 1 fully saturated rings. The van der Waals surface area contributed by atoms with Crippen molar-refractivity contribution >= 4 is 5.69 Å². The summed E-state index contributed by atoms with van der Waals surface area (Å²) in [5.74, 6) is 0. The van der Waals surface area contributed by atoms with Crippen molar-refractivity contribution in [3.8, 4) is 0 Å². The van der Waals surface area contributed by atoms with Crippen LogP contribution < -0.4 is 10.2 Å². The van der Waals surface area contributed by atoms with Gasteiger partial charge in [0.2, 0.25) is 0 Å². The van der Waals surface area contributed by atoms with Crippen molar-refractivity contribution in [1.29, 1.82) is 0 Å². The maximum atomic E-state index is 3.39. The Morgan fingerprint density at radius 1 is 0.962 bits per heavy atom. The number of hydrogen-bond donors (Lipinski definition) is 1. The highest BCUT2D eigenvalue weighted by Crippen LogP contribution is 2.46. The van der Waals surface area contributed by atoms with Gasteiger partial charge in [-0.3, -0.25) is 4.90 Å². The number of likely N-dealkylation sites (N-methyl/N-ethyl adjacent to an activating group) is 1. The largest absolute Gasteiger partial charge is 0.373 e. The first kappa shape index (κ1) is 17.6. The molecule has 2 aliphatic heterocycles. The minimum Gasteiger partial charge on any atom is -0.373 e. The monoisotopic (exact) mass is 349 g/mol. The molecule has 2 aromatic rings. The number of nitrogens with one attached hydrogen (secondary N) is 1. The van der Waals surface area contributed by atoms with E-state index < -0.39 is 0 Å². The molecule has 1 spiro atoms. The zero-order valence-corrected chi connectivity index (χ0v) is 16.2. The van der Waals surface area contributed by atoms with E-state index in [1.165, 1.54) is 49.3 Å². The SMILES string of the molecule is CCNCc1ccc(CN2CCC3(CC2)CN(C)c2ccccc23)cc1. The summed E-state index contributed by atoms with van der Waals surface area (Å²) in [5, 5.41) is 3.39. The first-order chi connectivity index (χ1) is 12.7. The van der Waals surface area contributed by atoms with Gasteiger partial charge in [0.15, 0.2) is 0 Å². The van der Waals surface area contributed by atoms with Gasteiger partial charge in [0.1, 0.15) is 0 Å². The molecule has 2 aromatic carbocycles. The van der Waals surface area contributed by atoms with Crippen molar-refractivity contribution in [1.82, 2.24) is 10.2 Å². The number of piperidine rings is 1. The van der Waals surface area contributed by atoms with Crippen molar-refractivity contribution in [3.05, 3.63) is 65.2 Å². The third kappa shape index (κ3) is 3.38. The Morgan fingerprint density at radius 3 is 2.38 bits per heavy atom. The van der Waals surface area contributed by atoms with Gasteiger partial charge in [-0.05, 0) is 55.2 Å². The molecule has 0 unspecified atom stereocenters. The van der Waals surface area contributed by atoms with Gasteiger partial charge in [-0.25, -0.2) is 0 Å². The number of likely N-dealkylation sites (tertiary alicyclic amines) is 1. The van der Waals surface area contributed by atoms with Gasteiger partial charge in [-0.2, -0.15) is 0 Å². The second-order valence-electron chi connectivity index (χ2n) is 8.03. The molecule has 1 N–H and O–H groups in total. The number of anilines is 1. The van der Waals surface area contributed by atoms with Crippen LogP contribution in [-0.4, -0.2) is 38.1 Å². The smallest absolute Gasteiger partial charge is 0.0402 e. The summed E-state index contributed by atoms with van der Waals surface area (Å²) < 4.78 is 0. The van der Waals surface area contributed by atoms with E-state index in [-0.39, 0.29) is 0 Å². The van der Waals surface area contributed by atoms with Crippen molar-refractivity contribution in [2.45, 2.75) is 38.3 Å². The van der Waals surface area contributed by atoms with Gasteiger partial charge in [-0.15, -0.1) is 0 Å². The summed E-state index contributed by atoms with van der Waals surface area (Å²) >= 11 is 0. The molecule has 3 heteroatoms. The molecule has 1 saturated heterocycles. The molecule has 0 saturated carbocycles. The summed E-state index contributed by atoms with van der Waals surface area (Å²) in [6, 6.07) is 18.2. The molecule has 0 aliphatic carbocycles. The average Bonchev–Trinajstić information content (AvgIpc) is 2.95. The number of rotatable bonds is 5. The normalized spacial score (nSPS) is 19.1. The zero-order valence-electron chi connectivity index (χ0n) is 16.2. The number of fused-ring (bicyclic) bond motifs is 2. The Hall–Kier alpha value is -1.84. The van der Waals surface area contributed by atoms with Crippen LogP contribution in [0.5, 0.6) is 0 Å². The van der Waals surface area contributed by atoms with Gasteiger partial charge in [0.25, 0.3) is 0 Å². The predicted molar refractivity (Wildman–Crippen MR) is 110 cm³/mol. The lowest BCUT2D eigenvalue weighted by molar-refractivity contribution is 0.160. The molecule has 0 radical (unpaired) electrons. The maximum absolute atomic E-state index is 3.39. The van der Waals surface area contributed by atoms with Crippen LogP contribution in [0, 0.1) is 0 Å². The predicted octanol–water partition coefficient (Wildman–Crippen LogP) is 3.78. The molecule has 3 nitrogen and oxygen atoms in total. The third-order valence-electron chi connectivity index (χ3n) is 6.25. The number of para-hydroxylation sites is 1. The Morgan fingerprint density at radius 2 is 1.65 bits per heavy atom. The molecule has 0 bridgehead atoms. The van der Waals surface area contributed by atoms with Crippen LogP contribution in [0.1, 0.15) is 36.5 Å². The van der Waals surface area contributed by atoms with Gasteiger partial charge in [-0.1, -0.05) is 49.4 Å². The van der Waals surface area contributed by atoms with E-state index in [1.54, 1.807) is 5.56 Å². The highest BCUT2D eigenvalue weighted by atomic mass is 15.2. The van der Waals surface area contributed by atoms with Crippen LogP contribution in [0.4, 0.5) is 5.69 Å². The van der Waals surface area contributed by atoms with Crippen LogP contribution in [-0.2, 0) is 18.5 Å². The van der Waals surface area contributed by atoms with E-state index >= 15 is 0 Å².